The molecule has 1 saturated heterocycles. The van der Waals surface area contributed by atoms with Crippen LogP contribution in [0.3, 0.4) is 0 Å². The van der Waals surface area contributed by atoms with Gasteiger partial charge in [-0.1, -0.05) is 6.07 Å². The Hall–Kier alpha value is -1.58. The second-order valence-corrected chi connectivity index (χ2v) is 6.07. The fourth-order valence-electron chi connectivity index (χ4n) is 2.78. The van der Waals surface area contributed by atoms with Crippen LogP contribution in [0.2, 0.25) is 0 Å². The van der Waals surface area contributed by atoms with Crippen molar-refractivity contribution in [1.29, 1.82) is 0 Å². The summed E-state index contributed by atoms with van der Waals surface area (Å²) in [5, 5.41) is 6.74. The Bertz CT molecular complexity index is 589. The molecule has 1 aromatic heterocycles. The van der Waals surface area contributed by atoms with Crippen LogP contribution >= 0.6 is 24.0 Å². The number of hydrogen-bond donors (Lipinski definition) is 2. The molecular weight excluding hydrogens is 445 g/mol. The third kappa shape index (κ3) is 7.35. The molecule has 0 bridgehead atoms. The van der Waals surface area contributed by atoms with Crippen molar-refractivity contribution in [2.45, 2.75) is 46.2 Å². The molecule has 0 radical (unpaired) electrons. The van der Waals surface area contributed by atoms with Gasteiger partial charge < -0.3 is 20.3 Å². The molecule has 2 rings (SSSR count). The highest BCUT2D eigenvalue weighted by molar-refractivity contribution is 14.0. The third-order valence-electron chi connectivity index (χ3n) is 4.05. The number of rotatable bonds is 5. The lowest BCUT2D eigenvalue weighted by atomic mass is 10.1. The van der Waals surface area contributed by atoms with E-state index in [1.165, 1.54) is 0 Å². The maximum atomic E-state index is 11.8. The maximum absolute atomic E-state index is 11.8. The van der Waals surface area contributed by atoms with Gasteiger partial charge in [0.2, 0.25) is 0 Å². The van der Waals surface area contributed by atoms with Gasteiger partial charge in [0, 0.05) is 31.4 Å². The summed E-state index contributed by atoms with van der Waals surface area (Å²) in [5.74, 6) is 0.792. The molecule has 2 heterocycles. The molecule has 2 N–H and O–H groups in total. The highest BCUT2D eigenvalue weighted by Gasteiger charge is 2.23. The maximum Gasteiger partial charge on any atom is 0.409 e. The van der Waals surface area contributed by atoms with Gasteiger partial charge in [-0.25, -0.2) is 9.79 Å². The summed E-state index contributed by atoms with van der Waals surface area (Å²) >= 11 is 0. The van der Waals surface area contributed by atoms with Crippen molar-refractivity contribution >= 4 is 36.0 Å². The number of aryl methyl sites for hydroxylation is 1. The van der Waals surface area contributed by atoms with Crippen LogP contribution in [0.15, 0.2) is 23.2 Å². The second kappa shape index (κ2) is 11.9. The number of carbonyl (C=O) groups excluding carboxylic acids is 1. The molecule has 1 aliphatic rings. The number of likely N-dealkylation sites (tertiary alicyclic amines) is 1. The van der Waals surface area contributed by atoms with Crippen LogP contribution < -0.4 is 10.6 Å². The number of aliphatic imine (C=N–C) groups is 1. The van der Waals surface area contributed by atoms with E-state index >= 15 is 0 Å². The Balaban J connectivity index is 0.00000338. The molecule has 0 atom stereocenters. The average molecular weight is 475 g/mol. The molecule has 1 aromatic rings. The van der Waals surface area contributed by atoms with Gasteiger partial charge in [-0.3, -0.25) is 4.98 Å². The Morgan fingerprint density at radius 3 is 2.69 bits per heavy atom. The van der Waals surface area contributed by atoms with Crippen molar-refractivity contribution in [2.24, 2.45) is 4.99 Å². The Kier molecular flexibility index (Phi) is 10.3. The first-order valence-electron chi connectivity index (χ1n) is 9.01. The zero-order chi connectivity index (χ0) is 18.1. The average Bonchev–Trinajstić information content (AvgIpc) is 2.61. The number of piperidine rings is 1. The van der Waals surface area contributed by atoms with Gasteiger partial charge >= 0.3 is 6.09 Å². The lowest BCUT2D eigenvalue weighted by Gasteiger charge is -2.32. The van der Waals surface area contributed by atoms with Crippen LogP contribution in [0.25, 0.3) is 0 Å². The number of pyridine rings is 1. The predicted molar refractivity (Wildman–Crippen MR) is 114 cm³/mol. The molecule has 0 aromatic carbocycles. The Morgan fingerprint density at radius 1 is 1.35 bits per heavy atom. The number of ether oxygens (including phenoxy) is 1. The second-order valence-electron chi connectivity index (χ2n) is 6.07. The molecule has 1 fully saturated rings. The minimum Gasteiger partial charge on any atom is -0.450 e. The van der Waals surface area contributed by atoms with E-state index < -0.39 is 0 Å². The summed E-state index contributed by atoms with van der Waals surface area (Å²) in [4.78, 5) is 22.6. The van der Waals surface area contributed by atoms with Gasteiger partial charge in [0.1, 0.15) is 0 Å². The molecule has 7 nitrogen and oxygen atoms in total. The van der Waals surface area contributed by atoms with E-state index in [2.05, 4.69) is 20.6 Å². The predicted octanol–water partition coefficient (Wildman–Crippen LogP) is 2.68. The highest BCUT2D eigenvalue weighted by Crippen LogP contribution is 2.11. The van der Waals surface area contributed by atoms with Gasteiger partial charge in [0.15, 0.2) is 5.96 Å². The van der Waals surface area contributed by atoms with E-state index in [0.29, 0.717) is 32.3 Å². The number of guanidine groups is 1. The summed E-state index contributed by atoms with van der Waals surface area (Å²) in [5.41, 5.74) is 1.95. The molecule has 0 saturated carbocycles. The summed E-state index contributed by atoms with van der Waals surface area (Å²) in [6, 6.07) is 6.26. The molecule has 0 spiro atoms. The van der Waals surface area contributed by atoms with E-state index in [9.17, 15) is 4.79 Å². The molecule has 8 heteroatoms. The van der Waals surface area contributed by atoms with Crippen molar-refractivity contribution < 1.29 is 9.53 Å². The number of amides is 1. The van der Waals surface area contributed by atoms with Crippen LogP contribution in [-0.2, 0) is 11.3 Å². The normalized spacial score (nSPS) is 15.2. The van der Waals surface area contributed by atoms with Gasteiger partial charge in [-0.15, -0.1) is 24.0 Å². The van der Waals surface area contributed by atoms with E-state index in [4.69, 9.17) is 4.74 Å². The fourth-order valence-corrected chi connectivity index (χ4v) is 2.78. The van der Waals surface area contributed by atoms with Crippen molar-refractivity contribution in [3.63, 3.8) is 0 Å². The molecule has 1 aliphatic heterocycles. The quantitative estimate of drug-likeness (QED) is 0.389. The van der Waals surface area contributed by atoms with E-state index in [1.54, 1.807) is 4.90 Å². The van der Waals surface area contributed by atoms with Crippen LogP contribution in [0, 0.1) is 6.92 Å². The van der Waals surface area contributed by atoms with E-state index in [1.807, 2.05) is 39.0 Å². The van der Waals surface area contributed by atoms with Crippen molar-refractivity contribution in [3.8, 4) is 0 Å². The first kappa shape index (κ1) is 22.5. The molecule has 0 aliphatic carbocycles. The number of aromatic nitrogens is 1. The Labute approximate surface area is 173 Å². The van der Waals surface area contributed by atoms with Crippen LogP contribution in [0.5, 0.6) is 0 Å². The summed E-state index contributed by atoms with van der Waals surface area (Å²) in [6.45, 7) is 9.02. The smallest absolute Gasteiger partial charge is 0.409 e. The van der Waals surface area contributed by atoms with E-state index in [0.717, 1.165) is 36.7 Å². The summed E-state index contributed by atoms with van der Waals surface area (Å²) in [6.07, 6.45) is 1.55. The lowest BCUT2D eigenvalue weighted by Crippen LogP contribution is -2.49. The third-order valence-corrected chi connectivity index (χ3v) is 4.05. The molecule has 1 amide bonds. The van der Waals surface area contributed by atoms with Crippen molar-refractivity contribution in [3.05, 3.63) is 29.6 Å². The minimum atomic E-state index is -0.216. The van der Waals surface area contributed by atoms with Gasteiger partial charge in [-0.2, -0.15) is 0 Å². The summed E-state index contributed by atoms with van der Waals surface area (Å²) in [7, 11) is 0. The van der Waals surface area contributed by atoms with Crippen molar-refractivity contribution in [1.82, 2.24) is 20.5 Å². The number of nitrogens with zero attached hydrogens (tertiary/aromatic N) is 3. The zero-order valence-electron chi connectivity index (χ0n) is 15.8. The SMILES string of the molecule is CCNC(=NCc1cccc(C)n1)NC1CCN(C(=O)OCC)CC1.I. The number of nitrogens with one attached hydrogen (secondary N) is 2. The number of hydrogen-bond acceptors (Lipinski definition) is 4. The van der Waals surface area contributed by atoms with Gasteiger partial charge in [0.05, 0.1) is 18.8 Å². The van der Waals surface area contributed by atoms with Gasteiger partial charge in [-0.05, 0) is 45.7 Å². The standard InChI is InChI=1S/C18H29N5O2.HI/c1-4-19-17(20-13-16-8-6-7-14(3)21-16)22-15-9-11-23(12-10-15)18(24)25-5-2;/h6-8,15H,4-5,9-13H2,1-3H3,(H2,19,20,22);1H. The topological polar surface area (TPSA) is 78.9 Å². The monoisotopic (exact) mass is 475 g/mol. The first-order chi connectivity index (χ1) is 12.1. The Morgan fingerprint density at radius 2 is 2.08 bits per heavy atom. The largest absolute Gasteiger partial charge is 0.450 e. The highest BCUT2D eigenvalue weighted by atomic mass is 127. The van der Waals surface area contributed by atoms with E-state index in [-0.39, 0.29) is 30.1 Å². The first-order valence-corrected chi connectivity index (χ1v) is 9.01. The molecule has 146 valence electrons. The van der Waals surface area contributed by atoms with Crippen molar-refractivity contribution in [2.75, 3.05) is 26.2 Å². The lowest BCUT2D eigenvalue weighted by molar-refractivity contribution is 0.0963. The van der Waals surface area contributed by atoms with Crippen LogP contribution in [-0.4, -0.2) is 54.2 Å². The summed E-state index contributed by atoms with van der Waals surface area (Å²) < 4.78 is 5.06. The fraction of sp³-hybridized carbons (Fsp3) is 0.611. The molecule has 26 heavy (non-hydrogen) atoms. The number of carbonyl (C=O) groups is 1. The van der Waals surface area contributed by atoms with Gasteiger partial charge in [0.25, 0.3) is 0 Å². The molecular formula is C18H30IN5O2. The zero-order valence-corrected chi connectivity index (χ0v) is 18.2. The molecule has 0 unspecified atom stereocenters. The minimum absolute atomic E-state index is 0. The number of halogens is 1. The van der Waals surface area contributed by atoms with Crippen LogP contribution in [0.1, 0.15) is 38.1 Å². The van der Waals surface area contributed by atoms with Crippen LogP contribution in [0.4, 0.5) is 4.79 Å².